The Hall–Kier alpha value is -1.13. The minimum absolute atomic E-state index is 0.808. The number of benzene rings is 1. The summed E-state index contributed by atoms with van der Waals surface area (Å²) in [5.41, 5.74) is 3.59. The molecule has 0 bridgehead atoms. The van der Waals surface area contributed by atoms with E-state index in [9.17, 15) is 0 Å². The Morgan fingerprint density at radius 2 is 2.26 bits per heavy atom. The van der Waals surface area contributed by atoms with Gasteiger partial charge in [-0.3, -0.25) is 0 Å². The molecule has 1 N–H and O–H groups in total. The number of fused-ring (bicyclic) bond motifs is 1. The molecule has 2 aromatic rings. The summed E-state index contributed by atoms with van der Waals surface area (Å²) < 4.78 is 8.66. The molecule has 1 aromatic carbocycles. The van der Waals surface area contributed by atoms with Gasteiger partial charge in [0.1, 0.15) is 0 Å². The molecule has 3 rings (SSSR count). The van der Waals surface area contributed by atoms with Crippen molar-refractivity contribution in [3.05, 3.63) is 28.5 Å². The van der Waals surface area contributed by atoms with E-state index in [1.54, 1.807) is 0 Å². The first-order valence-electron chi connectivity index (χ1n) is 7.01. The second kappa shape index (κ2) is 5.47. The van der Waals surface area contributed by atoms with Crippen molar-refractivity contribution in [2.45, 2.75) is 32.7 Å². The smallest absolute Gasteiger partial charge is 0.178 e. The SMILES string of the molecule is Cc1ccc2[nH]c(=S)n(CCCOCC3CC3)c2c1. The summed E-state index contributed by atoms with van der Waals surface area (Å²) in [7, 11) is 0. The van der Waals surface area contributed by atoms with Gasteiger partial charge in [-0.2, -0.15) is 0 Å². The highest BCUT2D eigenvalue weighted by Crippen LogP contribution is 2.28. The van der Waals surface area contributed by atoms with Gasteiger partial charge in [-0.1, -0.05) is 6.07 Å². The maximum absolute atomic E-state index is 5.67. The van der Waals surface area contributed by atoms with Gasteiger partial charge in [-0.15, -0.1) is 0 Å². The van der Waals surface area contributed by atoms with E-state index in [1.807, 2.05) is 0 Å². The third-order valence-electron chi connectivity index (χ3n) is 3.65. The van der Waals surface area contributed by atoms with Crippen molar-refractivity contribution in [1.29, 1.82) is 0 Å². The van der Waals surface area contributed by atoms with Crippen LogP contribution in [-0.4, -0.2) is 22.8 Å². The number of aromatic amines is 1. The summed E-state index contributed by atoms with van der Waals surface area (Å²) in [6.45, 7) is 4.81. The van der Waals surface area contributed by atoms with E-state index in [1.165, 1.54) is 23.9 Å². The highest BCUT2D eigenvalue weighted by molar-refractivity contribution is 7.71. The number of ether oxygens (including phenoxy) is 1. The topological polar surface area (TPSA) is 29.9 Å². The number of nitrogens with one attached hydrogen (secondary N) is 1. The van der Waals surface area contributed by atoms with Crippen molar-refractivity contribution in [3.63, 3.8) is 0 Å². The molecular formula is C15H20N2OS. The molecule has 1 fully saturated rings. The van der Waals surface area contributed by atoms with Gasteiger partial charge in [0.2, 0.25) is 0 Å². The fraction of sp³-hybridized carbons (Fsp3) is 0.533. The molecule has 0 aliphatic heterocycles. The lowest BCUT2D eigenvalue weighted by Crippen LogP contribution is -2.04. The van der Waals surface area contributed by atoms with Crippen LogP contribution in [0.15, 0.2) is 18.2 Å². The molecule has 0 atom stereocenters. The molecule has 19 heavy (non-hydrogen) atoms. The van der Waals surface area contributed by atoms with Crippen LogP contribution in [0.5, 0.6) is 0 Å². The van der Waals surface area contributed by atoms with Crippen molar-refractivity contribution in [1.82, 2.24) is 9.55 Å². The number of H-pyrrole nitrogens is 1. The maximum Gasteiger partial charge on any atom is 0.178 e. The van der Waals surface area contributed by atoms with Crippen LogP contribution >= 0.6 is 12.2 Å². The molecule has 102 valence electrons. The first kappa shape index (κ1) is 12.9. The van der Waals surface area contributed by atoms with E-state index in [2.05, 4.69) is 34.7 Å². The lowest BCUT2D eigenvalue weighted by molar-refractivity contribution is 0.119. The first-order chi connectivity index (χ1) is 9.24. The zero-order valence-electron chi connectivity index (χ0n) is 11.3. The number of hydrogen-bond acceptors (Lipinski definition) is 2. The normalized spacial score (nSPS) is 15.2. The number of rotatable bonds is 6. The van der Waals surface area contributed by atoms with Gasteiger partial charge in [0.05, 0.1) is 11.0 Å². The first-order valence-corrected chi connectivity index (χ1v) is 7.42. The molecule has 3 nitrogen and oxygen atoms in total. The minimum Gasteiger partial charge on any atom is -0.381 e. The van der Waals surface area contributed by atoms with E-state index in [0.29, 0.717) is 0 Å². The quantitative estimate of drug-likeness (QED) is 0.642. The van der Waals surface area contributed by atoms with Crippen molar-refractivity contribution < 1.29 is 4.74 Å². The minimum atomic E-state index is 0.808. The van der Waals surface area contributed by atoms with Crippen LogP contribution in [0.4, 0.5) is 0 Å². The summed E-state index contributed by atoms with van der Waals surface area (Å²) >= 11 is 5.39. The fourth-order valence-corrected chi connectivity index (χ4v) is 2.64. The predicted octanol–water partition coefficient (Wildman–Crippen LogP) is 3.82. The van der Waals surface area contributed by atoms with E-state index >= 15 is 0 Å². The Kier molecular flexibility index (Phi) is 3.71. The maximum atomic E-state index is 5.67. The van der Waals surface area contributed by atoms with Gasteiger partial charge in [0.15, 0.2) is 4.77 Å². The fourth-order valence-electron chi connectivity index (χ4n) is 2.34. The van der Waals surface area contributed by atoms with Gasteiger partial charge >= 0.3 is 0 Å². The van der Waals surface area contributed by atoms with Crippen LogP contribution in [0.3, 0.4) is 0 Å². The average molecular weight is 276 g/mol. The lowest BCUT2D eigenvalue weighted by atomic mass is 10.2. The van der Waals surface area contributed by atoms with Gasteiger partial charge in [0, 0.05) is 19.8 Å². The number of nitrogens with zero attached hydrogens (tertiary/aromatic N) is 1. The summed E-state index contributed by atoms with van der Waals surface area (Å²) in [5.74, 6) is 0.845. The van der Waals surface area contributed by atoms with Gasteiger partial charge < -0.3 is 14.3 Å². The van der Waals surface area contributed by atoms with Crippen molar-refractivity contribution in [2.24, 2.45) is 5.92 Å². The second-order valence-corrected chi connectivity index (χ2v) is 5.86. The van der Waals surface area contributed by atoms with Crippen LogP contribution in [-0.2, 0) is 11.3 Å². The van der Waals surface area contributed by atoms with Crippen LogP contribution in [0.2, 0.25) is 0 Å². The number of aromatic nitrogens is 2. The molecule has 1 aliphatic rings. The Balaban J connectivity index is 1.64. The Bertz CT molecular complexity index is 625. The second-order valence-electron chi connectivity index (χ2n) is 5.47. The zero-order chi connectivity index (χ0) is 13.2. The molecule has 0 amide bonds. The standard InChI is InChI=1S/C15H20N2OS/c1-11-3-6-13-14(9-11)17(15(19)16-13)7-2-8-18-10-12-4-5-12/h3,6,9,12H,2,4-5,7-8,10H2,1H3,(H,16,19). The number of aryl methyl sites for hydroxylation is 2. The van der Waals surface area contributed by atoms with E-state index < -0.39 is 0 Å². The molecule has 4 heteroatoms. The highest BCUT2D eigenvalue weighted by Gasteiger charge is 2.20. The van der Waals surface area contributed by atoms with Crippen LogP contribution < -0.4 is 0 Å². The Morgan fingerprint density at radius 1 is 1.42 bits per heavy atom. The largest absolute Gasteiger partial charge is 0.381 e. The van der Waals surface area contributed by atoms with Crippen molar-refractivity contribution in [3.8, 4) is 0 Å². The molecule has 0 unspecified atom stereocenters. The summed E-state index contributed by atoms with van der Waals surface area (Å²) in [4.78, 5) is 3.26. The van der Waals surface area contributed by atoms with Crippen LogP contribution in [0, 0.1) is 17.6 Å². The number of imidazole rings is 1. The Labute approximate surface area is 118 Å². The van der Waals surface area contributed by atoms with E-state index in [4.69, 9.17) is 17.0 Å². The third-order valence-corrected chi connectivity index (χ3v) is 3.97. The van der Waals surface area contributed by atoms with Gasteiger partial charge in [0.25, 0.3) is 0 Å². The number of hydrogen-bond donors (Lipinski definition) is 1. The molecule has 1 heterocycles. The summed E-state index contributed by atoms with van der Waals surface area (Å²) in [6, 6.07) is 6.39. The van der Waals surface area contributed by atoms with Gasteiger partial charge in [-0.05, 0) is 62.0 Å². The molecule has 0 saturated heterocycles. The van der Waals surface area contributed by atoms with Crippen molar-refractivity contribution in [2.75, 3.05) is 13.2 Å². The molecule has 1 aliphatic carbocycles. The highest BCUT2D eigenvalue weighted by atomic mass is 32.1. The molecule has 0 spiro atoms. The van der Waals surface area contributed by atoms with Gasteiger partial charge in [-0.25, -0.2) is 0 Å². The van der Waals surface area contributed by atoms with E-state index in [0.717, 1.165) is 42.4 Å². The monoisotopic (exact) mass is 276 g/mol. The summed E-state index contributed by atoms with van der Waals surface area (Å²) in [6.07, 6.45) is 3.72. The zero-order valence-corrected chi connectivity index (χ0v) is 12.1. The van der Waals surface area contributed by atoms with Crippen LogP contribution in [0.25, 0.3) is 11.0 Å². The molecule has 0 radical (unpaired) electrons. The Morgan fingerprint density at radius 3 is 3.05 bits per heavy atom. The van der Waals surface area contributed by atoms with E-state index in [-0.39, 0.29) is 0 Å². The summed E-state index contributed by atoms with van der Waals surface area (Å²) in [5, 5.41) is 0. The average Bonchev–Trinajstić information content (AvgIpc) is 3.15. The molecular weight excluding hydrogens is 256 g/mol. The van der Waals surface area contributed by atoms with Crippen molar-refractivity contribution >= 4 is 23.3 Å². The molecule has 1 aromatic heterocycles. The predicted molar refractivity (Wildman–Crippen MR) is 80.0 cm³/mol. The van der Waals surface area contributed by atoms with Crippen LogP contribution in [0.1, 0.15) is 24.8 Å². The lowest BCUT2D eigenvalue weighted by Gasteiger charge is -2.06. The third kappa shape index (κ3) is 3.07. The molecule has 1 saturated carbocycles.